The fraction of sp³-hybridized carbons (Fsp3) is 0.833. The Morgan fingerprint density at radius 2 is 2.00 bits per heavy atom. The molecule has 25 heavy (non-hydrogen) atoms. The maximum Gasteiger partial charge on any atom is 0.245 e. The molecule has 3 aliphatic rings. The van der Waals surface area contributed by atoms with Crippen LogP contribution in [0.3, 0.4) is 0 Å². The monoisotopic (exact) mass is 351 g/mol. The Hall–Kier alpha value is -1.63. The Morgan fingerprint density at radius 1 is 1.24 bits per heavy atom. The second kappa shape index (κ2) is 7.72. The number of piperidine rings is 2. The van der Waals surface area contributed by atoms with E-state index in [0.29, 0.717) is 39.0 Å². The van der Waals surface area contributed by atoms with Crippen LogP contribution in [0.4, 0.5) is 0 Å². The molecule has 7 heteroatoms. The number of carbonyl (C=O) groups excluding carboxylic acids is 3. The van der Waals surface area contributed by atoms with E-state index >= 15 is 0 Å². The molecule has 0 unspecified atom stereocenters. The minimum atomic E-state index is -0.336. The van der Waals surface area contributed by atoms with Crippen molar-refractivity contribution in [3.63, 3.8) is 0 Å². The Bertz CT molecular complexity index is 528. The van der Waals surface area contributed by atoms with E-state index in [9.17, 15) is 14.4 Å². The third kappa shape index (κ3) is 4.14. The van der Waals surface area contributed by atoms with Crippen molar-refractivity contribution in [1.29, 1.82) is 0 Å². The summed E-state index contributed by atoms with van der Waals surface area (Å²) in [5.41, 5.74) is 0.135. The van der Waals surface area contributed by atoms with Gasteiger partial charge in [0, 0.05) is 45.6 Å². The van der Waals surface area contributed by atoms with E-state index in [2.05, 4.69) is 5.32 Å². The summed E-state index contributed by atoms with van der Waals surface area (Å²) in [6, 6.07) is -0.336. The van der Waals surface area contributed by atoms with Crippen molar-refractivity contribution in [2.75, 3.05) is 39.4 Å². The van der Waals surface area contributed by atoms with Gasteiger partial charge in [0.25, 0.3) is 0 Å². The van der Waals surface area contributed by atoms with Crippen molar-refractivity contribution in [2.45, 2.75) is 51.5 Å². The number of rotatable bonds is 5. The van der Waals surface area contributed by atoms with Gasteiger partial charge in [0.15, 0.2) is 0 Å². The molecule has 140 valence electrons. The number of nitrogens with one attached hydrogen (secondary N) is 1. The van der Waals surface area contributed by atoms with Crippen LogP contribution in [0.15, 0.2) is 0 Å². The minimum Gasteiger partial charge on any atom is -0.380 e. The standard InChI is InChI=1S/C18H29N3O4/c1-2-25-12-11-21-13-18(6-5-16(21)23)7-9-20(10-8-18)17(24)14-3-4-15(22)19-14/h14H,2-13H2,1H3,(H,19,22)/t14-/m0/s1. The van der Waals surface area contributed by atoms with Crippen LogP contribution in [0.5, 0.6) is 0 Å². The lowest BCUT2D eigenvalue weighted by Gasteiger charge is -2.47. The molecule has 3 amide bonds. The lowest BCUT2D eigenvalue weighted by molar-refractivity contribution is -0.144. The molecule has 1 spiro atoms. The first kappa shape index (κ1) is 18.2. The molecule has 0 aromatic carbocycles. The van der Waals surface area contributed by atoms with E-state index in [-0.39, 0.29) is 29.2 Å². The van der Waals surface area contributed by atoms with Gasteiger partial charge in [0.1, 0.15) is 6.04 Å². The number of hydrogen-bond donors (Lipinski definition) is 1. The molecule has 1 N–H and O–H groups in total. The van der Waals surface area contributed by atoms with Gasteiger partial charge in [-0.15, -0.1) is 0 Å². The van der Waals surface area contributed by atoms with Gasteiger partial charge in [-0.25, -0.2) is 0 Å². The maximum absolute atomic E-state index is 12.5. The third-order valence-electron chi connectivity index (χ3n) is 5.89. The van der Waals surface area contributed by atoms with Gasteiger partial charge in [-0.05, 0) is 38.0 Å². The van der Waals surface area contributed by atoms with Crippen LogP contribution in [0, 0.1) is 5.41 Å². The zero-order valence-corrected chi connectivity index (χ0v) is 15.1. The molecule has 3 saturated heterocycles. The fourth-order valence-electron chi connectivity index (χ4n) is 4.25. The largest absolute Gasteiger partial charge is 0.380 e. The number of nitrogens with zero attached hydrogens (tertiary/aromatic N) is 2. The molecule has 7 nitrogen and oxygen atoms in total. The second-order valence-electron chi connectivity index (χ2n) is 7.50. The molecule has 0 bridgehead atoms. The first-order valence-corrected chi connectivity index (χ1v) is 9.47. The molecule has 0 aromatic rings. The molecule has 0 radical (unpaired) electrons. The predicted molar refractivity (Wildman–Crippen MR) is 91.7 cm³/mol. The Balaban J connectivity index is 1.52. The van der Waals surface area contributed by atoms with Gasteiger partial charge >= 0.3 is 0 Å². The molecule has 3 rings (SSSR count). The van der Waals surface area contributed by atoms with Crippen LogP contribution >= 0.6 is 0 Å². The van der Waals surface area contributed by atoms with Crippen molar-refractivity contribution >= 4 is 17.7 Å². The Kier molecular flexibility index (Phi) is 5.61. The molecule has 0 aliphatic carbocycles. The summed E-state index contributed by atoms with van der Waals surface area (Å²) in [6.07, 6.45) is 4.43. The molecule has 3 fully saturated rings. The average molecular weight is 351 g/mol. The third-order valence-corrected chi connectivity index (χ3v) is 5.89. The van der Waals surface area contributed by atoms with E-state index in [1.807, 2.05) is 16.7 Å². The quantitative estimate of drug-likeness (QED) is 0.733. The highest BCUT2D eigenvalue weighted by Crippen LogP contribution is 2.40. The van der Waals surface area contributed by atoms with Crippen molar-refractivity contribution < 1.29 is 19.1 Å². The number of ether oxygens (including phenoxy) is 1. The molecular weight excluding hydrogens is 322 g/mol. The normalized spacial score (nSPS) is 26.2. The highest BCUT2D eigenvalue weighted by molar-refractivity contribution is 5.90. The van der Waals surface area contributed by atoms with E-state index in [0.717, 1.165) is 38.9 Å². The van der Waals surface area contributed by atoms with Crippen LogP contribution < -0.4 is 5.32 Å². The van der Waals surface area contributed by atoms with Gasteiger partial charge in [-0.2, -0.15) is 0 Å². The smallest absolute Gasteiger partial charge is 0.245 e. The second-order valence-corrected chi connectivity index (χ2v) is 7.50. The highest BCUT2D eigenvalue weighted by atomic mass is 16.5. The molecule has 3 heterocycles. The van der Waals surface area contributed by atoms with E-state index < -0.39 is 0 Å². The van der Waals surface area contributed by atoms with Gasteiger partial charge < -0.3 is 19.9 Å². The summed E-state index contributed by atoms with van der Waals surface area (Å²) in [7, 11) is 0. The average Bonchev–Trinajstić information content (AvgIpc) is 3.05. The summed E-state index contributed by atoms with van der Waals surface area (Å²) in [6.45, 7) is 6.09. The Labute approximate surface area is 149 Å². The predicted octanol–water partition coefficient (Wildman–Crippen LogP) is 0.533. The van der Waals surface area contributed by atoms with Crippen LogP contribution in [-0.2, 0) is 19.1 Å². The highest BCUT2D eigenvalue weighted by Gasteiger charge is 2.42. The lowest BCUT2D eigenvalue weighted by Crippen LogP contribution is -2.54. The van der Waals surface area contributed by atoms with Gasteiger partial charge in [-0.1, -0.05) is 0 Å². The summed E-state index contributed by atoms with van der Waals surface area (Å²) in [4.78, 5) is 39.9. The van der Waals surface area contributed by atoms with Crippen molar-refractivity contribution in [3.8, 4) is 0 Å². The van der Waals surface area contributed by atoms with Crippen LogP contribution in [0.1, 0.15) is 45.4 Å². The number of amides is 3. The van der Waals surface area contributed by atoms with Crippen molar-refractivity contribution in [2.24, 2.45) is 5.41 Å². The molecule has 0 saturated carbocycles. The zero-order chi connectivity index (χ0) is 17.9. The maximum atomic E-state index is 12.5. The summed E-state index contributed by atoms with van der Waals surface area (Å²) in [5, 5.41) is 2.77. The lowest BCUT2D eigenvalue weighted by atomic mass is 9.72. The van der Waals surface area contributed by atoms with E-state index in [1.54, 1.807) is 0 Å². The van der Waals surface area contributed by atoms with E-state index in [1.165, 1.54) is 0 Å². The molecule has 0 aromatic heterocycles. The van der Waals surface area contributed by atoms with Gasteiger partial charge in [0.05, 0.1) is 6.61 Å². The zero-order valence-electron chi connectivity index (χ0n) is 15.1. The first-order chi connectivity index (χ1) is 12.0. The molecule has 1 atom stereocenters. The number of carbonyl (C=O) groups is 3. The van der Waals surface area contributed by atoms with Crippen LogP contribution in [-0.4, -0.2) is 73.0 Å². The van der Waals surface area contributed by atoms with Crippen LogP contribution in [0.2, 0.25) is 0 Å². The summed E-state index contributed by atoms with van der Waals surface area (Å²) in [5.74, 6) is 0.251. The SMILES string of the molecule is CCOCCN1CC2(CCC1=O)CCN(C(=O)[C@@H]1CCC(=O)N1)CC2. The topological polar surface area (TPSA) is 79.0 Å². The first-order valence-electron chi connectivity index (χ1n) is 9.47. The summed E-state index contributed by atoms with van der Waals surface area (Å²) < 4.78 is 5.39. The number of likely N-dealkylation sites (tertiary alicyclic amines) is 2. The van der Waals surface area contributed by atoms with Crippen molar-refractivity contribution in [3.05, 3.63) is 0 Å². The number of hydrogen-bond acceptors (Lipinski definition) is 4. The van der Waals surface area contributed by atoms with Crippen molar-refractivity contribution in [1.82, 2.24) is 15.1 Å². The van der Waals surface area contributed by atoms with Crippen LogP contribution in [0.25, 0.3) is 0 Å². The van der Waals surface area contributed by atoms with Gasteiger partial charge in [-0.3, -0.25) is 14.4 Å². The summed E-state index contributed by atoms with van der Waals surface area (Å²) >= 11 is 0. The van der Waals surface area contributed by atoms with E-state index in [4.69, 9.17) is 4.74 Å². The minimum absolute atomic E-state index is 0.0254. The fourth-order valence-corrected chi connectivity index (χ4v) is 4.25. The van der Waals surface area contributed by atoms with Gasteiger partial charge in [0.2, 0.25) is 17.7 Å². The molecular formula is C18H29N3O4. The Morgan fingerprint density at radius 3 is 2.64 bits per heavy atom. The molecule has 3 aliphatic heterocycles.